The highest BCUT2D eigenvalue weighted by atomic mass is 16.5. The number of aliphatic hydroxyl groups is 1. The molecule has 1 fully saturated rings. The molecule has 1 saturated heterocycles. The average Bonchev–Trinajstić information content (AvgIpc) is 2.96. The topological polar surface area (TPSA) is 76.9 Å². The van der Waals surface area contributed by atoms with E-state index in [-0.39, 0.29) is 31.6 Å². The zero-order chi connectivity index (χ0) is 21.1. The van der Waals surface area contributed by atoms with Crippen molar-refractivity contribution < 1.29 is 14.6 Å². The number of anilines is 2. The van der Waals surface area contributed by atoms with Crippen molar-refractivity contribution in [3.63, 3.8) is 0 Å². The third-order valence-corrected chi connectivity index (χ3v) is 5.39. The molecule has 6 heteroatoms. The zero-order valence-corrected chi connectivity index (χ0v) is 17.5. The van der Waals surface area contributed by atoms with Crippen molar-refractivity contribution in [1.29, 1.82) is 5.41 Å². The van der Waals surface area contributed by atoms with Crippen LogP contribution < -0.4 is 9.80 Å². The van der Waals surface area contributed by atoms with Crippen LogP contribution >= 0.6 is 0 Å². The van der Waals surface area contributed by atoms with Gasteiger partial charge in [0.05, 0.1) is 19.1 Å². The van der Waals surface area contributed by atoms with Gasteiger partial charge in [-0.05, 0) is 49.9 Å². The van der Waals surface area contributed by atoms with Gasteiger partial charge in [-0.15, -0.1) is 0 Å². The third kappa shape index (κ3) is 4.12. The first-order valence-electron chi connectivity index (χ1n) is 9.89. The average molecular weight is 396 g/mol. The van der Waals surface area contributed by atoms with Gasteiger partial charge in [-0.25, -0.2) is 0 Å². The van der Waals surface area contributed by atoms with Crippen LogP contribution in [-0.4, -0.2) is 42.8 Å². The minimum atomic E-state index is -0.364. The monoisotopic (exact) mass is 395 g/mol. The Morgan fingerprint density at radius 1 is 1.03 bits per heavy atom. The summed E-state index contributed by atoms with van der Waals surface area (Å²) in [4.78, 5) is 16.3. The molecule has 2 aromatic carbocycles. The fourth-order valence-electron chi connectivity index (χ4n) is 4.15. The predicted octanol–water partition coefficient (Wildman–Crippen LogP) is 3.48. The maximum absolute atomic E-state index is 12.3. The van der Waals surface area contributed by atoms with Gasteiger partial charge in [0.25, 0.3) is 0 Å². The number of ether oxygens (including phenoxy) is 1. The fraction of sp³-hybridized carbons (Fsp3) is 0.391. The molecule has 0 spiro atoms. The standard InChI is InChI=1S/C23H29N3O3/c1-15-7-5-8-16(2)21(15)25-14-19(13-20(28)29-12-11-27)26(23(25)24)22-17(3)9-6-10-18(22)4/h5-10,19,24,27H,11-14H2,1-4H3. The van der Waals surface area contributed by atoms with Gasteiger partial charge in [0.1, 0.15) is 6.61 Å². The van der Waals surface area contributed by atoms with Crippen molar-refractivity contribution in [2.75, 3.05) is 29.6 Å². The van der Waals surface area contributed by atoms with Gasteiger partial charge in [0.2, 0.25) is 5.96 Å². The maximum atomic E-state index is 12.3. The smallest absolute Gasteiger partial charge is 0.308 e. The SMILES string of the molecule is Cc1cccc(C)c1N1CC(CC(=O)OCCO)N(c2c(C)cccc2C)C1=N. The Bertz CT molecular complexity index is 885. The number of guanidine groups is 1. The van der Waals surface area contributed by atoms with Crippen molar-refractivity contribution in [3.8, 4) is 0 Å². The van der Waals surface area contributed by atoms with E-state index in [0.717, 1.165) is 33.6 Å². The Morgan fingerprint density at radius 2 is 1.55 bits per heavy atom. The first-order valence-corrected chi connectivity index (χ1v) is 9.89. The second kappa shape index (κ2) is 8.66. The summed E-state index contributed by atoms with van der Waals surface area (Å²) in [7, 11) is 0. The number of esters is 1. The molecule has 0 bridgehead atoms. The summed E-state index contributed by atoms with van der Waals surface area (Å²) in [5, 5.41) is 17.9. The van der Waals surface area contributed by atoms with E-state index in [9.17, 15) is 4.79 Å². The lowest BCUT2D eigenvalue weighted by molar-refractivity contribution is -0.144. The highest BCUT2D eigenvalue weighted by molar-refractivity contribution is 6.10. The molecule has 1 heterocycles. The quantitative estimate of drug-likeness (QED) is 0.733. The molecule has 2 aromatic rings. The van der Waals surface area contributed by atoms with Crippen LogP contribution in [-0.2, 0) is 9.53 Å². The number of aryl methyl sites for hydroxylation is 4. The Morgan fingerprint density at radius 3 is 2.07 bits per heavy atom. The molecule has 154 valence electrons. The maximum Gasteiger partial charge on any atom is 0.308 e. The van der Waals surface area contributed by atoms with Crippen LogP contribution in [0, 0.1) is 33.1 Å². The van der Waals surface area contributed by atoms with Crippen LogP contribution in [0.2, 0.25) is 0 Å². The summed E-state index contributed by atoms with van der Waals surface area (Å²) in [6, 6.07) is 11.9. The van der Waals surface area contributed by atoms with E-state index in [1.165, 1.54) is 0 Å². The van der Waals surface area contributed by atoms with Gasteiger partial charge in [0, 0.05) is 17.9 Å². The number of carbonyl (C=O) groups excluding carboxylic acids is 1. The predicted molar refractivity (Wildman–Crippen MR) is 116 cm³/mol. The number of para-hydroxylation sites is 2. The second-order valence-electron chi connectivity index (χ2n) is 7.59. The number of aliphatic hydroxyl groups excluding tert-OH is 1. The number of nitrogens with zero attached hydrogens (tertiary/aromatic N) is 2. The van der Waals surface area contributed by atoms with Crippen LogP contribution in [0.15, 0.2) is 36.4 Å². The van der Waals surface area contributed by atoms with Crippen LogP contribution in [0.5, 0.6) is 0 Å². The fourth-order valence-corrected chi connectivity index (χ4v) is 4.15. The van der Waals surface area contributed by atoms with Crippen molar-refractivity contribution in [3.05, 3.63) is 58.7 Å². The summed E-state index contributed by atoms with van der Waals surface area (Å²) < 4.78 is 5.12. The van der Waals surface area contributed by atoms with Gasteiger partial charge in [-0.3, -0.25) is 10.2 Å². The Kier molecular flexibility index (Phi) is 6.23. The molecule has 0 aliphatic carbocycles. The summed E-state index contributed by atoms with van der Waals surface area (Å²) in [6.07, 6.45) is 0.150. The summed E-state index contributed by atoms with van der Waals surface area (Å²) in [5.41, 5.74) is 6.30. The Hall–Kier alpha value is -2.86. The molecule has 0 aromatic heterocycles. The molecule has 1 aliphatic heterocycles. The Labute approximate surface area is 172 Å². The first-order chi connectivity index (χ1) is 13.8. The highest BCUT2D eigenvalue weighted by Crippen LogP contribution is 2.36. The molecule has 0 amide bonds. The van der Waals surface area contributed by atoms with Crippen molar-refractivity contribution >= 4 is 23.3 Å². The molecule has 2 N–H and O–H groups in total. The molecule has 6 nitrogen and oxygen atoms in total. The molecule has 0 radical (unpaired) electrons. The largest absolute Gasteiger partial charge is 0.463 e. The van der Waals surface area contributed by atoms with Gasteiger partial charge in [0.15, 0.2) is 0 Å². The van der Waals surface area contributed by atoms with E-state index in [4.69, 9.17) is 15.3 Å². The summed E-state index contributed by atoms with van der Waals surface area (Å²) in [6.45, 7) is 8.46. The lowest BCUT2D eigenvalue weighted by atomic mass is 10.1. The molecule has 1 aliphatic rings. The van der Waals surface area contributed by atoms with Gasteiger partial charge in [-0.2, -0.15) is 0 Å². The Balaban J connectivity index is 2.02. The molecule has 29 heavy (non-hydrogen) atoms. The molecule has 0 saturated carbocycles. The molecule has 1 unspecified atom stereocenters. The number of benzene rings is 2. The van der Waals surface area contributed by atoms with E-state index in [1.54, 1.807) is 0 Å². The minimum absolute atomic E-state index is 0.00694. The van der Waals surface area contributed by atoms with Crippen molar-refractivity contribution in [1.82, 2.24) is 0 Å². The number of nitrogens with one attached hydrogen (secondary N) is 1. The van der Waals surface area contributed by atoms with Gasteiger partial charge < -0.3 is 19.6 Å². The molecular formula is C23H29N3O3. The highest BCUT2D eigenvalue weighted by Gasteiger charge is 2.39. The van der Waals surface area contributed by atoms with E-state index in [0.29, 0.717) is 12.5 Å². The normalized spacial score (nSPS) is 16.4. The van der Waals surface area contributed by atoms with Crippen LogP contribution in [0.4, 0.5) is 11.4 Å². The molecule has 3 rings (SSSR count). The summed E-state index contributed by atoms with van der Waals surface area (Å²) >= 11 is 0. The van der Waals surface area contributed by atoms with E-state index >= 15 is 0 Å². The first kappa shape index (κ1) is 20.9. The number of hydrogen-bond donors (Lipinski definition) is 2. The van der Waals surface area contributed by atoms with Crippen LogP contribution in [0.25, 0.3) is 0 Å². The van der Waals surface area contributed by atoms with E-state index < -0.39 is 0 Å². The number of carbonyl (C=O) groups is 1. The summed E-state index contributed by atoms with van der Waals surface area (Å²) in [5.74, 6) is -0.00352. The zero-order valence-electron chi connectivity index (χ0n) is 17.5. The van der Waals surface area contributed by atoms with Crippen molar-refractivity contribution in [2.45, 2.75) is 40.2 Å². The molecule has 1 atom stereocenters. The number of rotatable bonds is 6. The van der Waals surface area contributed by atoms with Crippen LogP contribution in [0.1, 0.15) is 28.7 Å². The van der Waals surface area contributed by atoms with Crippen LogP contribution in [0.3, 0.4) is 0 Å². The van der Waals surface area contributed by atoms with E-state index in [2.05, 4.69) is 0 Å². The van der Waals surface area contributed by atoms with Gasteiger partial charge in [-0.1, -0.05) is 36.4 Å². The lowest BCUT2D eigenvalue weighted by Gasteiger charge is -2.28. The van der Waals surface area contributed by atoms with Gasteiger partial charge >= 0.3 is 5.97 Å². The van der Waals surface area contributed by atoms with E-state index in [1.807, 2.05) is 73.9 Å². The minimum Gasteiger partial charge on any atom is -0.463 e. The lowest BCUT2D eigenvalue weighted by Crippen LogP contribution is -2.38. The third-order valence-electron chi connectivity index (χ3n) is 5.39. The second-order valence-corrected chi connectivity index (χ2v) is 7.59. The number of hydrogen-bond acceptors (Lipinski definition) is 4. The molecular weight excluding hydrogens is 366 g/mol. The van der Waals surface area contributed by atoms with Crippen molar-refractivity contribution in [2.24, 2.45) is 0 Å².